The van der Waals surface area contributed by atoms with E-state index in [-0.39, 0.29) is 12.1 Å². The highest BCUT2D eigenvalue weighted by molar-refractivity contribution is 5.11. The van der Waals surface area contributed by atoms with Gasteiger partial charge in [0.15, 0.2) is 0 Å². The van der Waals surface area contributed by atoms with Gasteiger partial charge in [-0.2, -0.15) is 0 Å². The summed E-state index contributed by atoms with van der Waals surface area (Å²) in [7, 11) is 0. The second kappa shape index (κ2) is 5.81. The van der Waals surface area contributed by atoms with Crippen molar-refractivity contribution in [2.75, 3.05) is 6.54 Å². The molecule has 2 atom stereocenters. The Balaban J connectivity index is 2.20. The highest BCUT2D eigenvalue weighted by Crippen LogP contribution is 2.34. The Kier molecular flexibility index (Phi) is 4.36. The summed E-state index contributed by atoms with van der Waals surface area (Å²) in [6, 6.07) is 6.93. The van der Waals surface area contributed by atoms with E-state index in [9.17, 15) is 0 Å². The molecule has 1 heterocycles. The van der Waals surface area contributed by atoms with Crippen molar-refractivity contribution >= 4 is 0 Å². The molecule has 1 aliphatic carbocycles. The molecule has 2 rings (SSSR count). The van der Waals surface area contributed by atoms with Crippen molar-refractivity contribution in [1.82, 2.24) is 9.88 Å². The lowest BCUT2D eigenvalue weighted by molar-refractivity contribution is 0.126. The Hall–Kier alpha value is -0.930. The maximum absolute atomic E-state index is 6.22. The van der Waals surface area contributed by atoms with Crippen LogP contribution in [-0.2, 0) is 0 Å². The standard InChI is InChI=1S/C15H25N3/c1-11(2)18(10-13-7-8-13)15(12(3)16)14-6-4-5-9-17-14/h4-6,9,11-13,15H,7-8,10,16H2,1-3H3. The largest absolute Gasteiger partial charge is 0.326 e. The fourth-order valence-corrected chi connectivity index (χ4v) is 2.54. The lowest BCUT2D eigenvalue weighted by atomic mass is 10.0. The number of hydrogen-bond acceptors (Lipinski definition) is 3. The molecule has 0 amide bonds. The van der Waals surface area contributed by atoms with Crippen LogP contribution in [0.3, 0.4) is 0 Å². The highest BCUT2D eigenvalue weighted by Gasteiger charge is 2.32. The first-order valence-electron chi connectivity index (χ1n) is 7.02. The second-order valence-electron chi connectivity index (χ2n) is 5.79. The van der Waals surface area contributed by atoms with Crippen molar-refractivity contribution in [3.8, 4) is 0 Å². The Bertz CT molecular complexity index is 357. The summed E-state index contributed by atoms with van der Waals surface area (Å²) in [6.45, 7) is 7.74. The Morgan fingerprint density at radius 3 is 2.50 bits per heavy atom. The minimum absolute atomic E-state index is 0.0982. The zero-order valence-corrected chi connectivity index (χ0v) is 11.7. The van der Waals surface area contributed by atoms with Gasteiger partial charge in [-0.05, 0) is 51.7 Å². The van der Waals surface area contributed by atoms with Crippen LogP contribution in [0.5, 0.6) is 0 Å². The van der Waals surface area contributed by atoms with E-state index in [1.165, 1.54) is 12.8 Å². The van der Waals surface area contributed by atoms with Gasteiger partial charge in [0, 0.05) is 24.8 Å². The first kappa shape index (κ1) is 13.5. The van der Waals surface area contributed by atoms with E-state index in [1.807, 2.05) is 18.3 Å². The lowest BCUT2D eigenvalue weighted by Gasteiger charge is -2.37. The average molecular weight is 247 g/mol. The topological polar surface area (TPSA) is 42.1 Å². The van der Waals surface area contributed by atoms with Crippen molar-refractivity contribution in [3.63, 3.8) is 0 Å². The number of nitrogens with two attached hydrogens (primary N) is 1. The number of hydrogen-bond donors (Lipinski definition) is 1. The molecule has 0 spiro atoms. The van der Waals surface area contributed by atoms with Gasteiger partial charge in [-0.15, -0.1) is 0 Å². The summed E-state index contributed by atoms with van der Waals surface area (Å²) >= 11 is 0. The fourth-order valence-electron chi connectivity index (χ4n) is 2.54. The van der Waals surface area contributed by atoms with Crippen LogP contribution in [0.1, 0.15) is 45.3 Å². The lowest BCUT2D eigenvalue weighted by Crippen LogP contribution is -2.44. The fraction of sp³-hybridized carbons (Fsp3) is 0.667. The average Bonchev–Trinajstić information content (AvgIpc) is 3.13. The molecular formula is C15H25N3. The molecule has 1 aromatic rings. The number of nitrogens with zero attached hydrogens (tertiary/aromatic N) is 2. The van der Waals surface area contributed by atoms with Crippen molar-refractivity contribution in [2.24, 2.45) is 11.7 Å². The highest BCUT2D eigenvalue weighted by atomic mass is 15.2. The van der Waals surface area contributed by atoms with Crippen LogP contribution < -0.4 is 5.73 Å². The van der Waals surface area contributed by atoms with E-state index in [1.54, 1.807) is 0 Å². The van der Waals surface area contributed by atoms with E-state index in [0.717, 1.165) is 18.2 Å². The summed E-state index contributed by atoms with van der Waals surface area (Å²) in [5.74, 6) is 0.873. The first-order chi connectivity index (χ1) is 8.59. The Morgan fingerprint density at radius 2 is 2.06 bits per heavy atom. The van der Waals surface area contributed by atoms with Crippen LogP contribution in [0.25, 0.3) is 0 Å². The van der Waals surface area contributed by atoms with Crippen LogP contribution in [0, 0.1) is 5.92 Å². The van der Waals surface area contributed by atoms with E-state index in [2.05, 4.69) is 36.7 Å². The van der Waals surface area contributed by atoms with Gasteiger partial charge < -0.3 is 5.73 Å². The van der Waals surface area contributed by atoms with E-state index in [0.29, 0.717) is 6.04 Å². The molecule has 2 N–H and O–H groups in total. The summed E-state index contributed by atoms with van der Waals surface area (Å²) in [5, 5.41) is 0. The number of pyridine rings is 1. The van der Waals surface area contributed by atoms with Gasteiger partial charge in [-0.1, -0.05) is 6.07 Å². The summed E-state index contributed by atoms with van der Waals surface area (Å²) in [6.07, 6.45) is 4.61. The molecule has 1 aromatic heterocycles. The van der Waals surface area contributed by atoms with Crippen LogP contribution in [0.4, 0.5) is 0 Å². The van der Waals surface area contributed by atoms with E-state index >= 15 is 0 Å². The van der Waals surface area contributed by atoms with Gasteiger partial charge in [-0.3, -0.25) is 9.88 Å². The van der Waals surface area contributed by atoms with Gasteiger partial charge in [-0.25, -0.2) is 0 Å². The molecule has 0 saturated heterocycles. The molecule has 0 bridgehead atoms. The molecule has 100 valence electrons. The van der Waals surface area contributed by atoms with Gasteiger partial charge in [0.1, 0.15) is 0 Å². The second-order valence-corrected chi connectivity index (χ2v) is 5.79. The molecule has 1 aliphatic rings. The minimum Gasteiger partial charge on any atom is -0.326 e. The third-order valence-electron chi connectivity index (χ3n) is 3.68. The normalized spacial score (nSPS) is 19.2. The van der Waals surface area contributed by atoms with Crippen molar-refractivity contribution in [1.29, 1.82) is 0 Å². The molecule has 0 radical (unpaired) electrons. The van der Waals surface area contributed by atoms with Gasteiger partial charge >= 0.3 is 0 Å². The maximum atomic E-state index is 6.22. The van der Waals surface area contributed by atoms with E-state index < -0.39 is 0 Å². The van der Waals surface area contributed by atoms with E-state index in [4.69, 9.17) is 5.73 Å². The SMILES string of the molecule is CC(N)C(c1ccccn1)N(CC1CC1)C(C)C. The molecule has 0 aromatic carbocycles. The third-order valence-corrected chi connectivity index (χ3v) is 3.68. The molecule has 0 aliphatic heterocycles. The number of aromatic nitrogens is 1. The molecule has 3 nitrogen and oxygen atoms in total. The van der Waals surface area contributed by atoms with Crippen molar-refractivity contribution in [3.05, 3.63) is 30.1 Å². The summed E-state index contributed by atoms with van der Waals surface area (Å²) in [4.78, 5) is 7.03. The minimum atomic E-state index is 0.0982. The monoisotopic (exact) mass is 247 g/mol. The Morgan fingerprint density at radius 1 is 1.33 bits per heavy atom. The van der Waals surface area contributed by atoms with Crippen molar-refractivity contribution in [2.45, 2.75) is 51.7 Å². The molecule has 2 unspecified atom stereocenters. The van der Waals surface area contributed by atoms with Crippen LogP contribution >= 0.6 is 0 Å². The third kappa shape index (κ3) is 3.30. The molecule has 1 fully saturated rings. The smallest absolute Gasteiger partial charge is 0.0673 e. The summed E-state index contributed by atoms with van der Waals surface area (Å²) < 4.78 is 0. The molecule has 3 heteroatoms. The molecule has 1 saturated carbocycles. The van der Waals surface area contributed by atoms with Gasteiger partial charge in [0.25, 0.3) is 0 Å². The summed E-state index contributed by atoms with van der Waals surface area (Å²) in [5.41, 5.74) is 7.32. The van der Waals surface area contributed by atoms with Crippen LogP contribution in [0.2, 0.25) is 0 Å². The van der Waals surface area contributed by atoms with Crippen molar-refractivity contribution < 1.29 is 0 Å². The predicted octanol–water partition coefficient (Wildman–Crippen LogP) is 2.59. The Labute approximate surface area is 110 Å². The zero-order valence-electron chi connectivity index (χ0n) is 11.7. The quantitative estimate of drug-likeness (QED) is 0.840. The molecule has 18 heavy (non-hydrogen) atoms. The maximum Gasteiger partial charge on any atom is 0.0673 e. The van der Waals surface area contributed by atoms with Gasteiger partial charge in [0.05, 0.1) is 11.7 Å². The predicted molar refractivity (Wildman–Crippen MR) is 75.2 cm³/mol. The van der Waals surface area contributed by atoms with Crippen LogP contribution in [-0.4, -0.2) is 28.5 Å². The zero-order chi connectivity index (χ0) is 13.1. The molecular weight excluding hydrogens is 222 g/mol. The first-order valence-corrected chi connectivity index (χ1v) is 7.02. The van der Waals surface area contributed by atoms with Crippen LogP contribution in [0.15, 0.2) is 24.4 Å². The number of rotatable bonds is 6. The van der Waals surface area contributed by atoms with Gasteiger partial charge in [0.2, 0.25) is 0 Å².